The minimum atomic E-state index is -8.15. The fraction of sp³-hybridized carbons (Fsp3) is 0. The molecule has 7 heteroatoms. The molecule has 0 spiro atoms. The summed E-state index contributed by atoms with van der Waals surface area (Å²) in [5.74, 6) is -0.231. The van der Waals surface area contributed by atoms with Crippen molar-refractivity contribution in [3.63, 3.8) is 0 Å². The van der Waals surface area contributed by atoms with Gasteiger partial charge in [0, 0.05) is 0 Å². The van der Waals surface area contributed by atoms with Gasteiger partial charge in [-0.05, 0) is 0 Å². The van der Waals surface area contributed by atoms with Crippen molar-refractivity contribution < 1.29 is 12.6 Å². The zero-order valence-corrected chi connectivity index (χ0v) is 5.50. The minimum absolute atomic E-state index is 0.115. The third-order valence-electron chi connectivity index (χ3n) is 0.402. The standard InChI is InChI=1S/C2ClF3N2P/c3-9(4,5,6,1-7)2-8/q-1. The van der Waals surface area contributed by atoms with Crippen LogP contribution in [0, 0.1) is 22.1 Å². The number of hydrogen-bond donors (Lipinski definition) is 0. The average Bonchev–Trinajstić information content (AvgIpc) is 1.67. The summed E-state index contributed by atoms with van der Waals surface area (Å²) in [4.78, 5) is 0. The first-order valence-electron chi connectivity index (χ1n) is 1.57. The molecule has 9 heavy (non-hydrogen) atoms. The van der Waals surface area contributed by atoms with Gasteiger partial charge in [0.15, 0.2) is 0 Å². The third kappa shape index (κ3) is 2.51. The Kier molecular flexibility index (Phi) is 1.09. The summed E-state index contributed by atoms with van der Waals surface area (Å²) in [6.07, 6.45) is -8.15. The van der Waals surface area contributed by atoms with Gasteiger partial charge in [0.1, 0.15) is 0 Å². The Morgan fingerprint density at radius 1 is 1.11 bits per heavy atom. The van der Waals surface area contributed by atoms with E-state index in [9.17, 15) is 12.6 Å². The van der Waals surface area contributed by atoms with Crippen molar-refractivity contribution in [1.29, 1.82) is 10.5 Å². The molecule has 0 N–H and O–H groups in total. The molecule has 0 amide bonds. The maximum absolute atomic E-state index is 11.8. The van der Waals surface area contributed by atoms with Crippen molar-refractivity contribution in [3.05, 3.63) is 0 Å². The number of hydrogen-bond acceptors (Lipinski definition) is 2. The molecule has 0 aliphatic rings. The molecule has 0 fully saturated rings. The van der Waals surface area contributed by atoms with Crippen LogP contribution in [0.15, 0.2) is 0 Å². The van der Waals surface area contributed by atoms with E-state index in [1.54, 1.807) is 0 Å². The van der Waals surface area contributed by atoms with Gasteiger partial charge >= 0.3 is 52.2 Å². The Labute approximate surface area is 53.1 Å². The van der Waals surface area contributed by atoms with E-state index >= 15 is 0 Å². The van der Waals surface area contributed by atoms with Gasteiger partial charge in [-0.25, -0.2) is 0 Å². The van der Waals surface area contributed by atoms with Gasteiger partial charge in [-0.15, -0.1) is 0 Å². The maximum atomic E-state index is 11.8. The van der Waals surface area contributed by atoms with E-state index in [1.165, 1.54) is 0 Å². The molecule has 0 unspecified atom stereocenters. The van der Waals surface area contributed by atoms with Crippen molar-refractivity contribution in [2.24, 2.45) is 0 Å². The summed E-state index contributed by atoms with van der Waals surface area (Å²) in [5, 5.41) is 14.9. The molecule has 52 valence electrons. The predicted octanol–water partition coefficient (Wildman–Crippen LogP) is 2.84. The Morgan fingerprint density at radius 2 is 1.33 bits per heavy atom. The molecule has 0 aliphatic carbocycles. The Morgan fingerprint density at radius 3 is 1.33 bits per heavy atom. The van der Waals surface area contributed by atoms with E-state index in [0.717, 1.165) is 0 Å². The molecule has 0 bridgehead atoms. The van der Waals surface area contributed by atoms with Crippen molar-refractivity contribution in [2.45, 2.75) is 0 Å². The summed E-state index contributed by atoms with van der Waals surface area (Å²) >= 11 is 3.83. The molecule has 0 heterocycles. The Balaban J connectivity index is 5.30. The van der Waals surface area contributed by atoms with E-state index in [0.29, 0.717) is 0 Å². The zero-order chi connectivity index (χ0) is 7.82. The SMILES string of the molecule is N#C[P-](F)(F)(F)(Cl)C#N. The second-order valence-electron chi connectivity index (χ2n) is 1.37. The van der Waals surface area contributed by atoms with Gasteiger partial charge in [0.25, 0.3) is 0 Å². The van der Waals surface area contributed by atoms with E-state index in [2.05, 4.69) is 11.2 Å². The first-order chi connectivity index (χ1) is 3.62. The monoisotopic (exact) mass is 175 g/mol. The topological polar surface area (TPSA) is 47.6 Å². The van der Waals surface area contributed by atoms with E-state index in [1.807, 2.05) is 0 Å². The normalized spacial score (nSPS) is 18.4. The Hall–Kier alpha value is -0.510. The summed E-state index contributed by atoms with van der Waals surface area (Å²) in [5.41, 5.74) is 0. The molecular weight excluding hydrogens is 175 g/mol. The van der Waals surface area contributed by atoms with Gasteiger partial charge in [0.05, 0.1) is 0 Å². The fourth-order valence-electron chi connectivity index (χ4n) is 0.0224. The molecule has 0 rings (SSSR count). The van der Waals surface area contributed by atoms with Crippen molar-refractivity contribution >= 4 is 17.5 Å². The Bertz CT molecular complexity index is 206. The molecular formula is C2ClF3N2P-. The van der Waals surface area contributed by atoms with Gasteiger partial charge in [-0.2, -0.15) is 0 Å². The summed E-state index contributed by atoms with van der Waals surface area (Å²) < 4.78 is 35.3. The molecule has 0 atom stereocenters. The van der Waals surface area contributed by atoms with Crippen LogP contribution in [0.5, 0.6) is 0 Å². The van der Waals surface area contributed by atoms with Crippen LogP contribution in [0.2, 0.25) is 0 Å². The second kappa shape index (κ2) is 1.16. The summed E-state index contributed by atoms with van der Waals surface area (Å²) in [6, 6.07) is 0. The van der Waals surface area contributed by atoms with Gasteiger partial charge in [0.2, 0.25) is 0 Å². The van der Waals surface area contributed by atoms with Crippen LogP contribution >= 0.6 is 17.5 Å². The van der Waals surface area contributed by atoms with Crippen LogP contribution in [0.1, 0.15) is 0 Å². The number of halogens is 4. The van der Waals surface area contributed by atoms with Gasteiger partial charge in [-0.3, -0.25) is 0 Å². The summed E-state index contributed by atoms with van der Waals surface area (Å²) in [7, 11) is 0. The quantitative estimate of drug-likeness (QED) is 0.532. The van der Waals surface area contributed by atoms with Crippen LogP contribution in [0.4, 0.5) is 12.6 Å². The van der Waals surface area contributed by atoms with Crippen LogP contribution in [-0.4, -0.2) is 0 Å². The molecule has 0 aromatic carbocycles. The fourth-order valence-corrected chi connectivity index (χ4v) is 0.0671. The van der Waals surface area contributed by atoms with Crippen LogP contribution < -0.4 is 0 Å². The van der Waals surface area contributed by atoms with E-state index < -0.39 is 6.23 Å². The van der Waals surface area contributed by atoms with E-state index in [4.69, 9.17) is 10.5 Å². The molecule has 0 radical (unpaired) electrons. The zero-order valence-electron chi connectivity index (χ0n) is 3.85. The summed E-state index contributed by atoms with van der Waals surface area (Å²) in [6.45, 7) is 0. The first-order valence-corrected chi connectivity index (χ1v) is 4.83. The predicted molar refractivity (Wildman–Crippen MR) is 27.3 cm³/mol. The van der Waals surface area contributed by atoms with Crippen molar-refractivity contribution in [2.75, 3.05) is 0 Å². The van der Waals surface area contributed by atoms with Crippen molar-refractivity contribution in [3.8, 4) is 11.6 Å². The molecule has 0 saturated heterocycles. The molecule has 0 aromatic rings. The van der Waals surface area contributed by atoms with Gasteiger partial charge < -0.3 is 0 Å². The molecule has 0 saturated carbocycles. The number of nitrogens with zero attached hydrogens (tertiary/aromatic N) is 2. The van der Waals surface area contributed by atoms with Gasteiger partial charge in [-0.1, -0.05) is 0 Å². The van der Waals surface area contributed by atoms with Crippen molar-refractivity contribution in [1.82, 2.24) is 0 Å². The molecule has 0 aliphatic heterocycles. The third-order valence-corrected chi connectivity index (χ3v) is 1.66. The molecule has 0 aromatic heterocycles. The van der Waals surface area contributed by atoms with Crippen LogP contribution in [-0.2, 0) is 0 Å². The average molecular weight is 175 g/mol. The first kappa shape index (κ1) is 8.49. The second-order valence-corrected chi connectivity index (χ2v) is 6.28. The number of nitriles is 2. The van der Waals surface area contributed by atoms with E-state index in [-0.39, 0.29) is 11.6 Å². The van der Waals surface area contributed by atoms with Crippen LogP contribution in [0.25, 0.3) is 0 Å². The van der Waals surface area contributed by atoms with Crippen LogP contribution in [0.3, 0.4) is 0 Å². The number of rotatable bonds is 0. The molecule has 2 nitrogen and oxygen atoms in total.